The Morgan fingerprint density at radius 3 is 2.58 bits per heavy atom. The number of amides is 2. The summed E-state index contributed by atoms with van der Waals surface area (Å²) in [5.74, 6) is -0.539. The number of nitrogens with one attached hydrogen (secondary N) is 1. The molecule has 2 amide bonds. The second-order valence-corrected chi connectivity index (χ2v) is 8.38. The number of hydrogen-bond acceptors (Lipinski definition) is 6. The molecular formula is C25H24F3N5O3. The average Bonchev–Trinajstić information content (AvgIpc) is 2.87. The van der Waals surface area contributed by atoms with E-state index >= 15 is 0 Å². The van der Waals surface area contributed by atoms with Crippen molar-refractivity contribution in [3.05, 3.63) is 71.1 Å². The summed E-state index contributed by atoms with van der Waals surface area (Å²) >= 11 is 0. The molecule has 1 atom stereocenters. The molecule has 3 heterocycles. The number of halogens is 3. The highest BCUT2D eigenvalue weighted by molar-refractivity contribution is 5.97. The smallest absolute Gasteiger partial charge is 0.390 e. The van der Waals surface area contributed by atoms with Crippen molar-refractivity contribution < 1.29 is 27.5 Å². The second-order valence-electron chi connectivity index (χ2n) is 8.38. The minimum atomic E-state index is -4.41. The van der Waals surface area contributed by atoms with Gasteiger partial charge in [0.15, 0.2) is 0 Å². The summed E-state index contributed by atoms with van der Waals surface area (Å²) in [5.41, 5.74) is 8.30. The molecule has 1 aliphatic rings. The second kappa shape index (κ2) is 10.3. The quantitative estimate of drug-likeness (QED) is 0.513. The van der Waals surface area contributed by atoms with Crippen LogP contribution < -0.4 is 15.8 Å². The molecule has 11 heteroatoms. The van der Waals surface area contributed by atoms with Gasteiger partial charge in [-0.15, -0.1) is 0 Å². The van der Waals surface area contributed by atoms with Gasteiger partial charge >= 0.3 is 6.18 Å². The number of nitrogens with two attached hydrogens (primary N) is 1. The molecule has 8 nitrogen and oxygen atoms in total. The molecule has 36 heavy (non-hydrogen) atoms. The summed E-state index contributed by atoms with van der Waals surface area (Å²) in [7, 11) is 0. The van der Waals surface area contributed by atoms with Crippen LogP contribution in [-0.2, 0) is 12.8 Å². The number of carbonyl (C=O) groups excluding carboxylic acids is 2. The Bertz CT molecular complexity index is 1280. The first-order chi connectivity index (χ1) is 17.2. The first-order valence-electron chi connectivity index (χ1n) is 11.4. The fraction of sp³-hybridized carbons (Fsp3) is 0.320. The summed E-state index contributed by atoms with van der Waals surface area (Å²) < 4.78 is 43.6. The molecule has 3 N–H and O–H groups in total. The molecule has 4 rings (SSSR count). The first-order valence-corrected chi connectivity index (χ1v) is 11.4. The van der Waals surface area contributed by atoms with Crippen LogP contribution in [0, 0.1) is 0 Å². The van der Waals surface area contributed by atoms with Crippen molar-refractivity contribution in [2.45, 2.75) is 38.3 Å². The largest absolute Gasteiger partial charge is 0.493 e. The van der Waals surface area contributed by atoms with Gasteiger partial charge in [0.2, 0.25) is 5.91 Å². The van der Waals surface area contributed by atoms with Crippen molar-refractivity contribution in [1.82, 2.24) is 20.3 Å². The van der Waals surface area contributed by atoms with Crippen molar-refractivity contribution in [3.8, 4) is 16.9 Å². The molecular weight excluding hydrogens is 475 g/mol. The number of aromatic nitrogens is 3. The number of pyridine rings is 1. The molecule has 0 radical (unpaired) electrons. The van der Waals surface area contributed by atoms with Gasteiger partial charge in [0.1, 0.15) is 17.3 Å². The Morgan fingerprint density at radius 1 is 1.17 bits per heavy atom. The maximum absolute atomic E-state index is 12.8. The Labute approximate surface area is 205 Å². The Balaban J connectivity index is 1.67. The minimum absolute atomic E-state index is 0.0765. The van der Waals surface area contributed by atoms with E-state index in [1.165, 1.54) is 6.07 Å². The maximum Gasteiger partial charge on any atom is 0.390 e. The lowest BCUT2D eigenvalue weighted by Crippen LogP contribution is -2.31. The number of carbonyl (C=O) groups is 2. The summed E-state index contributed by atoms with van der Waals surface area (Å²) in [6.45, 7) is 1.54. The number of rotatable bonds is 7. The van der Waals surface area contributed by atoms with Gasteiger partial charge in [-0.25, -0.2) is 15.0 Å². The van der Waals surface area contributed by atoms with E-state index in [2.05, 4.69) is 20.3 Å². The zero-order chi connectivity index (χ0) is 25.9. The van der Waals surface area contributed by atoms with Crippen LogP contribution in [0.1, 0.15) is 57.1 Å². The molecule has 1 aliphatic heterocycles. The van der Waals surface area contributed by atoms with Crippen LogP contribution in [-0.4, -0.2) is 46.1 Å². The molecule has 3 aromatic rings. The summed E-state index contributed by atoms with van der Waals surface area (Å²) in [6, 6.07) is 7.06. The van der Waals surface area contributed by atoms with Gasteiger partial charge < -0.3 is 15.8 Å². The van der Waals surface area contributed by atoms with E-state index in [0.717, 1.165) is 22.9 Å². The van der Waals surface area contributed by atoms with Crippen molar-refractivity contribution >= 4 is 11.8 Å². The van der Waals surface area contributed by atoms with Crippen LogP contribution in [0.2, 0.25) is 0 Å². The third kappa shape index (κ3) is 5.61. The fourth-order valence-electron chi connectivity index (χ4n) is 4.07. The number of benzene rings is 1. The van der Waals surface area contributed by atoms with E-state index in [0.29, 0.717) is 30.0 Å². The lowest BCUT2D eigenvalue weighted by Gasteiger charge is -2.28. The van der Waals surface area contributed by atoms with Crippen molar-refractivity contribution in [1.29, 1.82) is 0 Å². The van der Waals surface area contributed by atoms with Crippen LogP contribution in [0.25, 0.3) is 11.1 Å². The monoisotopic (exact) mass is 499 g/mol. The summed E-state index contributed by atoms with van der Waals surface area (Å²) in [5, 5.41) is 2.26. The molecule has 0 saturated heterocycles. The summed E-state index contributed by atoms with van der Waals surface area (Å²) in [6.07, 6.45) is 0.161. The third-order valence-electron chi connectivity index (χ3n) is 5.91. The number of fused-ring (bicyclic) bond motifs is 1. The van der Waals surface area contributed by atoms with Gasteiger partial charge in [-0.3, -0.25) is 9.59 Å². The molecule has 0 fully saturated rings. The molecule has 1 aromatic carbocycles. The molecule has 2 aromatic heterocycles. The highest BCUT2D eigenvalue weighted by atomic mass is 19.4. The van der Waals surface area contributed by atoms with Crippen LogP contribution in [0.15, 0.2) is 42.9 Å². The number of aryl methyl sites for hydroxylation is 1. The van der Waals surface area contributed by atoms with Gasteiger partial charge in [-0.2, -0.15) is 13.2 Å². The number of hydrogen-bond donors (Lipinski definition) is 2. The zero-order valence-electron chi connectivity index (χ0n) is 19.4. The number of primary amides is 1. The first kappa shape index (κ1) is 25.1. The van der Waals surface area contributed by atoms with Gasteiger partial charge in [-0.05, 0) is 29.7 Å². The lowest BCUT2D eigenvalue weighted by atomic mass is 9.85. The van der Waals surface area contributed by atoms with E-state index in [4.69, 9.17) is 10.5 Å². The number of alkyl halides is 3. The van der Waals surface area contributed by atoms with E-state index in [1.54, 1.807) is 12.4 Å². The minimum Gasteiger partial charge on any atom is -0.493 e. The third-order valence-corrected chi connectivity index (χ3v) is 5.91. The number of ether oxygens (including phenoxy) is 1. The average molecular weight is 499 g/mol. The molecule has 0 bridgehead atoms. The van der Waals surface area contributed by atoms with Crippen LogP contribution in [0.5, 0.6) is 5.75 Å². The summed E-state index contributed by atoms with van der Waals surface area (Å²) in [4.78, 5) is 37.4. The SMILES string of the molecule is CCc1ncc(-c2cccc3c2C[C@@H](c2cc(C(N)=O)cnc2C(=O)NCCC(F)(F)F)CO3)cn1. The fourth-order valence-corrected chi connectivity index (χ4v) is 4.07. The van der Waals surface area contributed by atoms with E-state index < -0.39 is 36.9 Å². The predicted molar refractivity (Wildman–Crippen MR) is 125 cm³/mol. The normalized spacial score (nSPS) is 15.1. The Morgan fingerprint density at radius 2 is 1.92 bits per heavy atom. The van der Waals surface area contributed by atoms with Gasteiger partial charge in [0.25, 0.3) is 5.91 Å². The Kier molecular flexibility index (Phi) is 7.18. The van der Waals surface area contributed by atoms with Gasteiger partial charge in [0.05, 0.1) is 18.6 Å². The molecule has 188 valence electrons. The topological polar surface area (TPSA) is 120 Å². The Hall–Kier alpha value is -4.02. The molecule has 0 unspecified atom stereocenters. The van der Waals surface area contributed by atoms with Crippen LogP contribution >= 0.6 is 0 Å². The van der Waals surface area contributed by atoms with Crippen LogP contribution in [0.3, 0.4) is 0 Å². The highest BCUT2D eigenvalue weighted by Crippen LogP contribution is 2.39. The van der Waals surface area contributed by atoms with Gasteiger partial charge in [0, 0.05) is 48.6 Å². The van der Waals surface area contributed by atoms with Crippen molar-refractivity contribution in [3.63, 3.8) is 0 Å². The maximum atomic E-state index is 12.8. The van der Waals surface area contributed by atoms with Crippen LogP contribution in [0.4, 0.5) is 13.2 Å². The highest BCUT2D eigenvalue weighted by Gasteiger charge is 2.30. The lowest BCUT2D eigenvalue weighted by molar-refractivity contribution is -0.133. The van der Waals surface area contributed by atoms with Gasteiger partial charge in [-0.1, -0.05) is 19.1 Å². The molecule has 0 spiro atoms. The zero-order valence-corrected chi connectivity index (χ0v) is 19.4. The molecule has 0 saturated carbocycles. The standard InChI is InChI=1S/C25H24F3N5O3/c1-2-21-31-11-16(12-32-21)17-4-3-5-20-19(17)9-15(13-36-20)18-8-14(23(29)34)10-33-22(18)24(35)30-7-6-25(26,27)28/h3-5,8,10-12,15H,2,6-7,9,13H2,1H3,(H2,29,34)(H,30,35)/t15-/m1/s1. The van der Waals surface area contributed by atoms with E-state index in [9.17, 15) is 22.8 Å². The van der Waals surface area contributed by atoms with E-state index in [-0.39, 0.29) is 17.9 Å². The van der Waals surface area contributed by atoms with Crippen molar-refractivity contribution in [2.75, 3.05) is 13.2 Å². The van der Waals surface area contributed by atoms with E-state index in [1.807, 2.05) is 25.1 Å². The predicted octanol–water partition coefficient (Wildman–Crippen LogP) is 3.60. The number of nitrogens with zero attached hydrogens (tertiary/aromatic N) is 3. The molecule has 0 aliphatic carbocycles. The van der Waals surface area contributed by atoms with Crippen molar-refractivity contribution in [2.24, 2.45) is 5.73 Å².